The summed E-state index contributed by atoms with van der Waals surface area (Å²) in [4.78, 5) is 82.3. The van der Waals surface area contributed by atoms with Crippen LogP contribution < -0.4 is 5.43 Å². The first-order valence-corrected chi connectivity index (χ1v) is 22.7. The second kappa shape index (κ2) is 19.6. The van der Waals surface area contributed by atoms with Crippen LogP contribution in [0.5, 0.6) is 0 Å². The van der Waals surface area contributed by atoms with Crippen molar-refractivity contribution >= 4 is 47.2 Å². The van der Waals surface area contributed by atoms with Crippen LogP contribution in [0.25, 0.3) is 33.3 Å². The number of ether oxygens (including phenoxy) is 2. The summed E-state index contributed by atoms with van der Waals surface area (Å²) in [7, 11) is 3.25. The molecule has 1 aromatic carbocycles. The molecule has 7 rings (SSSR count). The van der Waals surface area contributed by atoms with Crippen LogP contribution in [0.2, 0.25) is 0 Å². The van der Waals surface area contributed by atoms with Gasteiger partial charge in [-0.05, 0) is 97.7 Å². The lowest BCUT2D eigenvalue weighted by Gasteiger charge is -2.35. The van der Waals surface area contributed by atoms with E-state index in [0.717, 1.165) is 44.5 Å². The number of methoxy groups -OCH3 is 1. The van der Waals surface area contributed by atoms with Crippen molar-refractivity contribution in [3.05, 3.63) is 84.5 Å². The van der Waals surface area contributed by atoms with Gasteiger partial charge in [-0.2, -0.15) is 4.58 Å². The Kier molecular flexibility index (Phi) is 14.1. The van der Waals surface area contributed by atoms with Gasteiger partial charge in [0.1, 0.15) is 12.8 Å². The second-order valence-electron chi connectivity index (χ2n) is 18.7. The summed E-state index contributed by atoms with van der Waals surface area (Å²) in [5, 5.41) is 2.45. The highest BCUT2D eigenvalue weighted by Crippen LogP contribution is 2.41. The third kappa shape index (κ3) is 9.67. The van der Waals surface area contributed by atoms with Crippen LogP contribution in [0.15, 0.2) is 67.5 Å². The Morgan fingerprint density at radius 1 is 1.08 bits per heavy atom. The maximum Gasteiger partial charge on any atom is 0.409 e. The van der Waals surface area contributed by atoms with E-state index in [-0.39, 0.29) is 43.8 Å². The van der Waals surface area contributed by atoms with Crippen molar-refractivity contribution < 1.29 is 38.0 Å². The van der Waals surface area contributed by atoms with Gasteiger partial charge in [-0.15, -0.1) is 0 Å². The van der Waals surface area contributed by atoms with Crippen LogP contribution in [-0.4, -0.2) is 129 Å². The molecule has 6 bridgehead atoms. The minimum Gasteiger partial charge on any atom is -0.464 e. The fourth-order valence-electron chi connectivity index (χ4n) is 9.75. The summed E-state index contributed by atoms with van der Waals surface area (Å²) in [5.41, 5.74) is 9.96. The number of esters is 1. The highest BCUT2D eigenvalue weighted by molar-refractivity contribution is 5.95. The number of cyclic esters (lactones) is 1. The zero-order valence-electron chi connectivity index (χ0n) is 38.8. The molecule has 4 atom stereocenters. The predicted octanol–water partition coefficient (Wildman–Crippen LogP) is 5.22. The number of carbonyl (C=O) groups is 5. The van der Waals surface area contributed by atoms with Crippen molar-refractivity contribution in [3.63, 3.8) is 0 Å². The third-order valence-corrected chi connectivity index (χ3v) is 13.1. The minimum atomic E-state index is -1.17. The minimum absolute atomic E-state index is 0.000257. The Bertz CT molecular complexity index is 2510. The number of hydrogen-bond acceptors (Lipinski definition) is 10. The molecule has 3 aromatic heterocycles. The molecule has 0 unspecified atom stereocenters. The molecule has 65 heavy (non-hydrogen) atoms. The van der Waals surface area contributed by atoms with Crippen LogP contribution in [0.1, 0.15) is 70.8 Å². The molecule has 4 amide bonds. The SMILES string of the molecule is C=CC(=O)N1CC[C@H](C(=O)N(C)[C@H](C(=O)[N+](=C)[C@H]2Cc3cc(ccn3)-c3ccc4c(c3)c(c(-c3cccnc3COC)n4CC)CC(C)(C)COC(=O)[C@@H]3CCCN(N3)C2=O)C(C)C)C1. The molecule has 1 N–H and O–H groups in total. The topological polar surface area (TPSA) is 159 Å². The number of carbonyl (C=O) groups excluding carboxylic acids is 5. The average molecular weight is 888 g/mol. The summed E-state index contributed by atoms with van der Waals surface area (Å²) in [6, 6.07) is 11.4. The number of pyridine rings is 2. The molecule has 15 nitrogen and oxygen atoms in total. The Morgan fingerprint density at radius 2 is 1.85 bits per heavy atom. The molecule has 0 saturated carbocycles. The van der Waals surface area contributed by atoms with Gasteiger partial charge in [0.05, 0.1) is 36.9 Å². The first kappa shape index (κ1) is 46.9. The molecule has 15 heteroatoms. The number of nitrogens with zero attached hydrogens (tertiary/aromatic N) is 7. The number of hydrogen-bond donors (Lipinski definition) is 1. The second-order valence-corrected chi connectivity index (χ2v) is 18.7. The largest absolute Gasteiger partial charge is 0.464 e. The first-order chi connectivity index (χ1) is 31.1. The summed E-state index contributed by atoms with van der Waals surface area (Å²) in [6.45, 7) is 19.9. The Morgan fingerprint density at radius 3 is 2.57 bits per heavy atom. The zero-order valence-corrected chi connectivity index (χ0v) is 38.8. The molecule has 0 aliphatic carbocycles. The zero-order chi connectivity index (χ0) is 46.7. The Labute approximate surface area is 381 Å². The molecule has 0 spiro atoms. The fraction of sp³-hybridized carbons (Fsp3) is 0.480. The smallest absolute Gasteiger partial charge is 0.409 e. The van der Waals surface area contributed by atoms with Gasteiger partial charge in [-0.25, -0.2) is 10.2 Å². The first-order valence-electron chi connectivity index (χ1n) is 22.7. The lowest BCUT2D eigenvalue weighted by atomic mass is 9.84. The van der Waals surface area contributed by atoms with Gasteiger partial charge >= 0.3 is 17.8 Å². The number of aromatic nitrogens is 3. The Balaban J connectivity index is 1.30. The fourth-order valence-corrected chi connectivity index (χ4v) is 9.75. The third-order valence-electron chi connectivity index (χ3n) is 13.1. The maximum atomic E-state index is 14.8. The quantitative estimate of drug-likeness (QED) is 0.0969. The van der Waals surface area contributed by atoms with Crippen molar-refractivity contribution in [1.82, 2.24) is 34.8 Å². The predicted molar refractivity (Wildman–Crippen MR) is 247 cm³/mol. The summed E-state index contributed by atoms with van der Waals surface area (Å²) in [5.74, 6) is -2.82. The van der Waals surface area contributed by atoms with E-state index in [0.29, 0.717) is 51.1 Å². The van der Waals surface area contributed by atoms with E-state index in [9.17, 15) is 24.0 Å². The molecule has 2 fully saturated rings. The number of amides is 4. The molecular formula is C50H63N8O7+. The van der Waals surface area contributed by atoms with Gasteiger partial charge in [-0.3, -0.25) is 34.2 Å². The van der Waals surface area contributed by atoms with Gasteiger partial charge in [0.2, 0.25) is 17.9 Å². The number of likely N-dealkylation sites (N-methyl/N-ethyl adjacent to an activating group) is 1. The van der Waals surface area contributed by atoms with Crippen LogP contribution in [0.3, 0.4) is 0 Å². The lowest BCUT2D eigenvalue weighted by molar-refractivity contribution is -0.472. The molecule has 4 aromatic rings. The molecule has 0 radical (unpaired) electrons. The highest BCUT2D eigenvalue weighted by Gasteiger charge is 2.46. The number of benzene rings is 1. The van der Waals surface area contributed by atoms with Crippen molar-refractivity contribution in [2.75, 3.05) is 40.4 Å². The Hall–Kier alpha value is -6.06. The monoisotopic (exact) mass is 887 g/mol. The number of likely N-dealkylation sites (tertiary alicyclic amines) is 1. The van der Waals surface area contributed by atoms with E-state index in [1.54, 1.807) is 31.5 Å². The summed E-state index contributed by atoms with van der Waals surface area (Å²) in [6.07, 6.45) is 6.72. The summed E-state index contributed by atoms with van der Waals surface area (Å²) < 4.78 is 15.2. The maximum absolute atomic E-state index is 14.8. The number of fused-ring (bicyclic) bond motifs is 6. The molecule has 2 saturated heterocycles. The number of nitrogens with one attached hydrogen (secondary N) is 1. The van der Waals surface area contributed by atoms with Gasteiger partial charge in [0.15, 0.2) is 6.04 Å². The number of hydrazine groups is 1. The highest BCUT2D eigenvalue weighted by atomic mass is 16.5. The number of aryl methyl sites for hydroxylation is 1. The van der Waals surface area contributed by atoms with Crippen LogP contribution in [0.4, 0.5) is 0 Å². The van der Waals surface area contributed by atoms with E-state index in [1.807, 2.05) is 32.0 Å². The van der Waals surface area contributed by atoms with Crippen molar-refractivity contribution in [3.8, 4) is 22.4 Å². The van der Waals surface area contributed by atoms with E-state index >= 15 is 0 Å². The lowest BCUT2D eigenvalue weighted by Crippen LogP contribution is -2.61. The van der Waals surface area contributed by atoms with Gasteiger partial charge in [0.25, 0.3) is 0 Å². The number of rotatable bonds is 10. The van der Waals surface area contributed by atoms with E-state index in [2.05, 4.69) is 68.3 Å². The molecule has 3 aliphatic rings. The van der Waals surface area contributed by atoms with Gasteiger partial charge < -0.3 is 23.8 Å². The molecule has 3 aliphatic heterocycles. The average Bonchev–Trinajstić information content (AvgIpc) is 3.92. The molecule has 344 valence electrons. The summed E-state index contributed by atoms with van der Waals surface area (Å²) >= 11 is 0. The van der Waals surface area contributed by atoms with E-state index in [4.69, 9.17) is 19.4 Å². The van der Waals surface area contributed by atoms with Gasteiger partial charge in [0, 0.05) is 80.3 Å². The van der Waals surface area contributed by atoms with E-state index in [1.165, 1.54) is 20.6 Å². The van der Waals surface area contributed by atoms with Crippen molar-refractivity contribution in [2.24, 2.45) is 17.3 Å². The normalized spacial score (nSPS) is 20.6. The standard InChI is InChI=1S/C50H63N8O7/c1-10-43(59)56-23-19-34(28-56)46(60)55(8)44(31(3)4)48(62)54(7)42-26-35-24-33(18-21-51-35)32-16-17-41-37(25-32)38(45(57(41)11-2)36-14-12-20-52-40(36)29-64-9)27-50(5,6)30-65-49(63)39-15-13-22-58(53-39)47(42)61/h10,12,14,16-18,20-21,24-25,31,34,39,42,44,53H,1,7,11,13,15,19,22-23,26-30H2,2-6,8-9H3/q+1/t34-,39-,42-,44-/m0/s1. The van der Waals surface area contributed by atoms with Crippen molar-refractivity contribution in [1.29, 1.82) is 0 Å². The molecule has 6 heterocycles. The van der Waals surface area contributed by atoms with Crippen LogP contribution in [-0.2, 0) is 59.4 Å². The molecular weight excluding hydrogens is 825 g/mol. The van der Waals surface area contributed by atoms with Crippen LogP contribution >= 0.6 is 0 Å². The van der Waals surface area contributed by atoms with Gasteiger partial charge in [-0.1, -0.05) is 40.3 Å². The van der Waals surface area contributed by atoms with Crippen LogP contribution in [0, 0.1) is 17.3 Å². The van der Waals surface area contributed by atoms with E-state index < -0.39 is 47.2 Å². The van der Waals surface area contributed by atoms with Crippen molar-refractivity contribution in [2.45, 2.75) is 98.0 Å².